The van der Waals surface area contributed by atoms with Gasteiger partial charge in [0.1, 0.15) is 5.82 Å². The van der Waals surface area contributed by atoms with Crippen molar-refractivity contribution in [3.63, 3.8) is 0 Å². The summed E-state index contributed by atoms with van der Waals surface area (Å²) in [5.41, 5.74) is 2.06. The van der Waals surface area contributed by atoms with Crippen molar-refractivity contribution in [1.82, 2.24) is 19.8 Å². The minimum atomic E-state index is 0.735. The fourth-order valence-electron chi connectivity index (χ4n) is 3.80. The summed E-state index contributed by atoms with van der Waals surface area (Å²) in [5.74, 6) is 1.76. The summed E-state index contributed by atoms with van der Waals surface area (Å²) in [4.78, 5) is 29.7. The zero-order valence-electron chi connectivity index (χ0n) is 16.5. The number of nitrogens with zero attached hydrogens (tertiary/aromatic N) is 6. The van der Waals surface area contributed by atoms with E-state index in [9.17, 15) is 4.79 Å². The molecule has 0 N–H and O–H groups in total. The van der Waals surface area contributed by atoms with Crippen LogP contribution in [0.1, 0.15) is 6.92 Å². The van der Waals surface area contributed by atoms with E-state index in [1.54, 1.807) is 0 Å². The first-order chi connectivity index (χ1) is 13.8. The third-order valence-electron chi connectivity index (χ3n) is 5.66. The van der Waals surface area contributed by atoms with E-state index in [4.69, 9.17) is 9.97 Å². The van der Waals surface area contributed by atoms with Gasteiger partial charge in [-0.3, -0.25) is 4.79 Å². The number of rotatable bonds is 5. The summed E-state index contributed by atoms with van der Waals surface area (Å²) in [6.45, 7) is 10.3. The molecule has 7 heteroatoms. The van der Waals surface area contributed by atoms with Crippen LogP contribution < -0.4 is 9.80 Å². The van der Waals surface area contributed by atoms with Gasteiger partial charge in [0.25, 0.3) is 0 Å². The number of hydrogen-bond acceptors (Lipinski definition) is 6. The van der Waals surface area contributed by atoms with E-state index in [0.29, 0.717) is 0 Å². The number of aromatic nitrogens is 2. The molecule has 0 atom stereocenters. The van der Waals surface area contributed by atoms with Crippen molar-refractivity contribution < 1.29 is 4.79 Å². The SMILES string of the molecule is CCN1CCN(c2nc(-c3ccccc3)cc(N3CCN(C=O)CC3)n2)CC1. The average Bonchev–Trinajstić information content (AvgIpc) is 2.79. The van der Waals surface area contributed by atoms with Gasteiger partial charge in [-0.15, -0.1) is 0 Å². The van der Waals surface area contributed by atoms with E-state index in [1.807, 2.05) is 23.1 Å². The van der Waals surface area contributed by atoms with E-state index in [2.05, 4.69) is 39.8 Å². The summed E-state index contributed by atoms with van der Waals surface area (Å²) in [6, 6.07) is 12.4. The van der Waals surface area contributed by atoms with Gasteiger partial charge in [-0.25, -0.2) is 4.98 Å². The summed E-state index contributed by atoms with van der Waals surface area (Å²) in [7, 11) is 0. The Morgan fingerprint density at radius 3 is 2.21 bits per heavy atom. The molecular weight excluding hydrogens is 352 g/mol. The van der Waals surface area contributed by atoms with Gasteiger partial charge in [-0.1, -0.05) is 37.3 Å². The summed E-state index contributed by atoms with van der Waals surface area (Å²) >= 11 is 0. The van der Waals surface area contributed by atoms with Gasteiger partial charge in [0, 0.05) is 64.0 Å². The van der Waals surface area contributed by atoms with Crippen LogP contribution in [0.3, 0.4) is 0 Å². The molecule has 0 saturated carbocycles. The van der Waals surface area contributed by atoms with Crippen LogP contribution in [0.2, 0.25) is 0 Å². The molecule has 0 aliphatic carbocycles. The normalized spacial score (nSPS) is 18.4. The molecule has 28 heavy (non-hydrogen) atoms. The van der Waals surface area contributed by atoms with Crippen molar-refractivity contribution in [3.8, 4) is 11.3 Å². The topological polar surface area (TPSA) is 55.8 Å². The molecule has 4 rings (SSSR count). The largest absolute Gasteiger partial charge is 0.353 e. The number of hydrogen-bond donors (Lipinski definition) is 0. The van der Waals surface area contributed by atoms with Crippen LogP contribution in [-0.4, -0.2) is 85.1 Å². The average molecular weight is 380 g/mol. The van der Waals surface area contributed by atoms with Gasteiger partial charge in [0.05, 0.1) is 5.69 Å². The number of anilines is 2. The fraction of sp³-hybridized carbons (Fsp3) is 0.476. The predicted molar refractivity (Wildman–Crippen MR) is 112 cm³/mol. The Morgan fingerprint density at radius 2 is 1.57 bits per heavy atom. The number of benzene rings is 1. The van der Waals surface area contributed by atoms with Crippen LogP contribution in [0.5, 0.6) is 0 Å². The first-order valence-corrected chi connectivity index (χ1v) is 10.1. The van der Waals surface area contributed by atoms with Gasteiger partial charge in [0.2, 0.25) is 12.4 Å². The Morgan fingerprint density at radius 1 is 0.893 bits per heavy atom. The first-order valence-electron chi connectivity index (χ1n) is 10.1. The van der Waals surface area contributed by atoms with Crippen molar-refractivity contribution >= 4 is 18.2 Å². The zero-order chi connectivity index (χ0) is 19.3. The Hall–Kier alpha value is -2.67. The van der Waals surface area contributed by atoms with Crippen LogP contribution in [0, 0.1) is 0 Å². The van der Waals surface area contributed by atoms with Gasteiger partial charge in [-0.05, 0) is 6.54 Å². The van der Waals surface area contributed by atoms with Gasteiger partial charge >= 0.3 is 0 Å². The highest BCUT2D eigenvalue weighted by Crippen LogP contribution is 2.26. The molecule has 1 aromatic heterocycles. The number of likely N-dealkylation sites (N-methyl/N-ethyl adjacent to an activating group) is 1. The number of carbonyl (C=O) groups is 1. The van der Waals surface area contributed by atoms with Gasteiger partial charge in [-0.2, -0.15) is 4.98 Å². The van der Waals surface area contributed by atoms with Crippen molar-refractivity contribution in [2.24, 2.45) is 0 Å². The Balaban J connectivity index is 1.63. The van der Waals surface area contributed by atoms with Crippen LogP contribution >= 0.6 is 0 Å². The van der Waals surface area contributed by atoms with Crippen LogP contribution in [0.4, 0.5) is 11.8 Å². The molecule has 0 bridgehead atoms. The molecule has 2 fully saturated rings. The second kappa shape index (κ2) is 8.56. The van der Waals surface area contributed by atoms with E-state index < -0.39 is 0 Å². The van der Waals surface area contributed by atoms with Gasteiger partial charge < -0.3 is 19.6 Å². The monoisotopic (exact) mass is 380 g/mol. The summed E-state index contributed by atoms with van der Waals surface area (Å²) in [5, 5.41) is 0. The molecular formula is C21H28N6O. The lowest BCUT2D eigenvalue weighted by atomic mass is 10.1. The third kappa shape index (κ3) is 4.09. The minimum absolute atomic E-state index is 0.735. The predicted octanol–water partition coefficient (Wildman–Crippen LogP) is 1.56. The minimum Gasteiger partial charge on any atom is -0.353 e. The second-order valence-corrected chi connectivity index (χ2v) is 7.33. The molecule has 1 amide bonds. The molecule has 0 unspecified atom stereocenters. The molecule has 2 aliphatic heterocycles. The van der Waals surface area contributed by atoms with Crippen molar-refractivity contribution in [2.75, 3.05) is 68.7 Å². The highest BCUT2D eigenvalue weighted by molar-refractivity contribution is 5.65. The molecule has 0 radical (unpaired) electrons. The Kier molecular flexibility index (Phi) is 5.71. The molecule has 2 aliphatic rings. The maximum Gasteiger partial charge on any atom is 0.227 e. The Labute approximate surface area is 166 Å². The molecule has 3 heterocycles. The van der Waals surface area contributed by atoms with E-state index in [-0.39, 0.29) is 0 Å². The highest BCUT2D eigenvalue weighted by Gasteiger charge is 2.22. The number of amides is 1. The standard InChI is InChI=1S/C21H28N6O/c1-2-24-8-14-27(15-9-24)21-22-19(18-6-4-3-5-7-18)16-20(23-21)26-12-10-25(17-28)11-13-26/h3-7,16-17H,2,8-15H2,1H3. The summed E-state index contributed by atoms with van der Waals surface area (Å²) < 4.78 is 0. The molecule has 0 spiro atoms. The van der Waals surface area contributed by atoms with E-state index >= 15 is 0 Å². The molecule has 1 aromatic carbocycles. The number of piperazine rings is 2. The second-order valence-electron chi connectivity index (χ2n) is 7.33. The number of carbonyl (C=O) groups excluding carboxylic acids is 1. The maximum atomic E-state index is 11.0. The lowest BCUT2D eigenvalue weighted by Gasteiger charge is -2.36. The molecule has 148 valence electrons. The molecule has 2 aromatic rings. The lowest BCUT2D eigenvalue weighted by Crippen LogP contribution is -2.47. The van der Waals surface area contributed by atoms with E-state index in [1.165, 1.54) is 0 Å². The fourth-order valence-corrected chi connectivity index (χ4v) is 3.80. The first kappa shape index (κ1) is 18.7. The quantitative estimate of drug-likeness (QED) is 0.734. The van der Waals surface area contributed by atoms with E-state index in [0.717, 1.165) is 88.3 Å². The van der Waals surface area contributed by atoms with Gasteiger partial charge in [0.15, 0.2) is 0 Å². The Bertz CT molecular complexity index is 783. The van der Waals surface area contributed by atoms with Crippen LogP contribution in [0.15, 0.2) is 36.4 Å². The molecule has 7 nitrogen and oxygen atoms in total. The van der Waals surface area contributed by atoms with Crippen LogP contribution in [0.25, 0.3) is 11.3 Å². The van der Waals surface area contributed by atoms with Crippen molar-refractivity contribution in [1.29, 1.82) is 0 Å². The third-order valence-corrected chi connectivity index (χ3v) is 5.66. The van der Waals surface area contributed by atoms with Crippen molar-refractivity contribution in [2.45, 2.75) is 6.92 Å². The smallest absolute Gasteiger partial charge is 0.227 e. The maximum absolute atomic E-state index is 11.0. The van der Waals surface area contributed by atoms with Crippen molar-refractivity contribution in [3.05, 3.63) is 36.4 Å². The lowest BCUT2D eigenvalue weighted by molar-refractivity contribution is -0.118. The molecule has 2 saturated heterocycles. The zero-order valence-corrected chi connectivity index (χ0v) is 16.5. The van der Waals surface area contributed by atoms with Crippen LogP contribution in [-0.2, 0) is 4.79 Å². The summed E-state index contributed by atoms with van der Waals surface area (Å²) in [6.07, 6.45) is 0.936. The highest BCUT2D eigenvalue weighted by atomic mass is 16.1.